The summed E-state index contributed by atoms with van der Waals surface area (Å²) in [5.74, 6) is -2.82. The highest BCUT2D eigenvalue weighted by molar-refractivity contribution is 6.38. The van der Waals surface area contributed by atoms with Crippen LogP contribution >= 0.6 is 0 Å². The molecule has 1 aromatic carbocycles. The van der Waals surface area contributed by atoms with E-state index < -0.39 is 34.6 Å². The zero-order valence-electron chi connectivity index (χ0n) is 11.5. The van der Waals surface area contributed by atoms with E-state index in [1.165, 1.54) is 20.1 Å². The molecule has 0 unspecified atom stereocenters. The number of hydrogen-bond acceptors (Lipinski definition) is 7. The van der Waals surface area contributed by atoms with Crippen molar-refractivity contribution in [3.05, 3.63) is 33.9 Å². The molecule has 0 aromatic heterocycles. The fourth-order valence-corrected chi connectivity index (χ4v) is 1.55. The number of ketones is 2. The normalized spacial score (nSPS) is 9.81. The summed E-state index contributed by atoms with van der Waals surface area (Å²) >= 11 is 0. The van der Waals surface area contributed by atoms with Gasteiger partial charge in [0.1, 0.15) is 5.75 Å². The van der Waals surface area contributed by atoms with Crippen LogP contribution < -0.4 is 4.74 Å². The second-order valence-corrected chi connectivity index (χ2v) is 3.88. The molecule has 21 heavy (non-hydrogen) atoms. The second kappa shape index (κ2) is 7.13. The molecular formula is C13H13NO7. The fourth-order valence-electron chi connectivity index (χ4n) is 1.55. The lowest BCUT2D eigenvalue weighted by molar-refractivity contribution is -0.385. The summed E-state index contributed by atoms with van der Waals surface area (Å²) in [6, 6.07) is 3.57. The van der Waals surface area contributed by atoms with Gasteiger partial charge in [0, 0.05) is 6.07 Å². The first kappa shape index (κ1) is 16.3. The number of rotatable bonds is 7. The molecule has 0 saturated heterocycles. The molecular weight excluding hydrogens is 282 g/mol. The maximum Gasteiger partial charge on any atom is 0.375 e. The second-order valence-electron chi connectivity index (χ2n) is 3.88. The Balaban J connectivity index is 3.03. The van der Waals surface area contributed by atoms with Crippen LogP contribution in [0.15, 0.2) is 18.2 Å². The third-order valence-electron chi connectivity index (χ3n) is 2.53. The number of nitro benzene ring substituents is 1. The third kappa shape index (κ3) is 4.10. The minimum atomic E-state index is -1.14. The standard InChI is InChI=1S/C13H13NO7/c1-3-21-13(17)12(16)7-11(15)9-6-8(20-2)4-5-10(9)14(18)19/h4-6H,3,7H2,1-2H3. The summed E-state index contributed by atoms with van der Waals surface area (Å²) in [5, 5.41) is 10.9. The average Bonchev–Trinajstić information content (AvgIpc) is 2.46. The van der Waals surface area contributed by atoms with Crippen LogP contribution in [0.2, 0.25) is 0 Å². The molecule has 0 fully saturated rings. The van der Waals surface area contributed by atoms with Gasteiger partial charge < -0.3 is 9.47 Å². The minimum Gasteiger partial charge on any atom is -0.497 e. The maximum absolute atomic E-state index is 12.0. The van der Waals surface area contributed by atoms with Crippen LogP contribution in [0.5, 0.6) is 5.75 Å². The molecule has 1 aromatic rings. The van der Waals surface area contributed by atoms with Crippen LogP contribution in [0.25, 0.3) is 0 Å². The summed E-state index contributed by atoms with van der Waals surface area (Å²) in [6.07, 6.45) is -0.799. The smallest absolute Gasteiger partial charge is 0.375 e. The van der Waals surface area contributed by atoms with Gasteiger partial charge in [-0.3, -0.25) is 19.7 Å². The van der Waals surface area contributed by atoms with Gasteiger partial charge in [0.15, 0.2) is 5.78 Å². The predicted octanol–water partition coefficient (Wildman–Crippen LogP) is 1.31. The molecule has 0 aliphatic heterocycles. The molecule has 0 spiro atoms. The lowest BCUT2D eigenvalue weighted by atomic mass is 10.0. The number of ether oxygens (including phenoxy) is 2. The van der Waals surface area contributed by atoms with Gasteiger partial charge in [0.05, 0.1) is 30.6 Å². The monoisotopic (exact) mass is 295 g/mol. The summed E-state index contributed by atoms with van der Waals surface area (Å²) in [6.45, 7) is 1.51. The molecule has 0 N–H and O–H groups in total. The van der Waals surface area contributed by atoms with Crippen molar-refractivity contribution in [2.24, 2.45) is 0 Å². The topological polar surface area (TPSA) is 113 Å². The Hall–Kier alpha value is -2.77. The summed E-state index contributed by atoms with van der Waals surface area (Å²) in [7, 11) is 1.33. The van der Waals surface area contributed by atoms with Crippen molar-refractivity contribution in [3.63, 3.8) is 0 Å². The van der Waals surface area contributed by atoms with Crippen molar-refractivity contribution in [3.8, 4) is 5.75 Å². The molecule has 112 valence electrons. The number of benzene rings is 1. The van der Waals surface area contributed by atoms with E-state index in [2.05, 4.69) is 4.74 Å². The van der Waals surface area contributed by atoms with E-state index in [0.717, 1.165) is 12.1 Å². The summed E-state index contributed by atoms with van der Waals surface area (Å²) < 4.78 is 9.34. The zero-order chi connectivity index (χ0) is 16.0. The highest BCUT2D eigenvalue weighted by Crippen LogP contribution is 2.25. The Bertz CT molecular complexity index is 594. The number of methoxy groups -OCH3 is 1. The Labute approximate surface area is 119 Å². The van der Waals surface area contributed by atoms with E-state index in [4.69, 9.17) is 4.74 Å². The van der Waals surface area contributed by atoms with Gasteiger partial charge in [-0.25, -0.2) is 4.79 Å². The lowest BCUT2D eigenvalue weighted by Gasteiger charge is -2.05. The molecule has 0 aliphatic carbocycles. The molecule has 0 amide bonds. The van der Waals surface area contributed by atoms with Gasteiger partial charge >= 0.3 is 5.97 Å². The Morgan fingerprint density at radius 3 is 2.48 bits per heavy atom. The highest BCUT2D eigenvalue weighted by Gasteiger charge is 2.26. The molecule has 8 nitrogen and oxygen atoms in total. The molecule has 0 bridgehead atoms. The van der Waals surface area contributed by atoms with E-state index >= 15 is 0 Å². The molecule has 8 heteroatoms. The van der Waals surface area contributed by atoms with Crippen LogP contribution in [0, 0.1) is 10.1 Å². The van der Waals surface area contributed by atoms with Crippen molar-refractivity contribution in [2.45, 2.75) is 13.3 Å². The predicted molar refractivity (Wildman–Crippen MR) is 70.2 cm³/mol. The lowest BCUT2D eigenvalue weighted by Crippen LogP contribution is -2.21. The number of esters is 1. The Morgan fingerprint density at radius 1 is 1.29 bits per heavy atom. The number of Topliss-reactive ketones (excluding diaryl/α,β-unsaturated/α-hetero) is 2. The molecule has 0 aliphatic rings. The largest absolute Gasteiger partial charge is 0.497 e. The number of nitrogens with zero attached hydrogens (tertiary/aromatic N) is 1. The van der Waals surface area contributed by atoms with Crippen LogP contribution in [0.3, 0.4) is 0 Å². The number of carbonyl (C=O) groups excluding carboxylic acids is 3. The van der Waals surface area contributed by atoms with Gasteiger partial charge in [0.25, 0.3) is 5.69 Å². The first-order valence-corrected chi connectivity index (χ1v) is 5.96. The zero-order valence-corrected chi connectivity index (χ0v) is 11.5. The van der Waals surface area contributed by atoms with Crippen LogP contribution in [0.1, 0.15) is 23.7 Å². The molecule has 0 atom stereocenters. The first-order valence-electron chi connectivity index (χ1n) is 5.96. The number of nitro groups is 1. The number of hydrogen-bond donors (Lipinski definition) is 0. The van der Waals surface area contributed by atoms with Crippen molar-refractivity contribution in [2.75, 3.05) is 13.7 Å². The molecule has 0 heterocycles. The van der Waals surface area contributed by atoms with Crippen molar-refractivity contribution in [1.29, 1.82) is 0 Å². The van der Waals surface area contributed by atoms with Gasteiger partial charge in [0.2, 0.25) is 5.78 Å². The van der Waals surface area contributed by atoms with E-state index in [0.29, 0.717) is 0 Å². The van der Waals surface area contributed by atoms with Crippen LogP contribution in [-0.4, -0.2) is 36.2 Å². The van der Waals surface area contributed by atoms with Gasteiger partial charge in [-0.05, 0) is 19.1 Å². The van der Waals surface area contributed by atoms with Gasteiger partial charge in [-0.15, -0.1) is 0 Å². The quantitative estimate of drug-likeness (QED) is 0.186. The Kier molecular flexibility index (Phi) is 5.53. The minimum absolute atomic E-state index is 0.00191. The van der Waals surface area contributed by atoms with Gasteiger partial charge in [-0.1, -0.05) is 0 Å². The first-order chi connectivity index (χ1) is 9.90. The van der Waals surface area contributed by atoms with E-state index in [1.807, 2.05) is 0 Å². The molecule has 0 radical (unpaired) electrons. The van der Waals surface area contributed by atoms with Crippen LogP contribution in [0.4, 0.5) is 5.69 Å². The summed E-state index contributed by atoms with van der Waals surface area (Å²) in [5.41, 5.74) is -0.755. The highest BCUT2D eigenvalue weighted by atomic mass is 16.6. The van der Waals surface area contributed by atoms with Crippen molar-refractivity contribution in [1.82, 2.24) is 0 Å². The van der Waals surface area contributed by atoms with E-state index in [9.17, 15) is 24.5 Å². The average molecular weight is 295 g/mol. The summed E-state index contributed by atoms with van der Waals surface area (Å²) in [4.78, 5) is 44.7. The van der Waals surface area contributed by atoms with Crippen LogP contribution in [-0.2, 0) is 14.3 Å². The Morgan fingerprint density at radius 2 is 1.95 bits per heavy atom. The van der Waals surface area contributed by atoms with Gasteiger partial charge in [-0.2, -0.15) is 0 Å². The molecule has 1 rings (SSSR count). The fraction of sp³-hybridized carbons (Fsp3) is 0.308. The van der Waals surface area contributed by atoms with Crippen molar-refractivity contribution < 1.29 is 28.8 Å². The maximum atomic E-state index is 12.0. The SMILES string of the molecule is CCOC(=O)C(=O)CC(=O)c1cc(OC)ccc1[N+](=O)[O-]. The third-order valence-corrected chi connectivity index (χ3v) is 2.53. The number of carbonyl (C=O) groups is 3. The molecule has 0 saturated carbocycles. The van der Waals surface area contributed by atoms with E-state index in [1.54, 1.807) is 0 Å². The van der Waals surface area contributed by atoms with Crippen molar-refractivity contribution >= 4 is 23.2 Å². The van der Waals surface area contributed by atoms with E-state index in [-0.39, 0.29) is 17.9 Å².